The Kier molecular flexibility index (Phi) is 3.40. The van der Waals surface area contributed by atoms with Gasteiger partial charge < -0.3 is 4.98 Å². The van der Waals surface area contributed by atoms with Crippen LogP contribution in [0.2, 0.25) is 0 Å². The minimum atomic E-state index is -1.12. The first-order valence-corrected chi connectivity index (χ1v) is 7.04. The van der Waals surface area contributed by atoms with E-state index in [1.54, 1.807) is 18.2 Å². The smallest absolute Gasteiger partial charge is 0.324 e. The van der Waals surface area contributed by atoms with Crippen LogP contribution in [-0.2, 0) is 0 Å². The van der Waals surface area contributed by atoms with Crippen molar-refractivity contribution < 1.29 is 9.72 Å². The molecule has 0 radical (unpaired) electrons. The number of rotatable bonds is 4. The fourth-order valence-corrected chi connectivity index (χ4v) is 2.84. The molecule has 108 valence electrons. The Hall–Kier alpha value is -3.05. The minimum absolute atomic E-state index is 0.135. The number of hydrogen-bond donors (Lipinski definition) is 1. The second kappa shape index (κ2) is 5.38. The number of aromatic amines is 1. The molecule has 0 spiro atoms. The number of H-pyrrole nitrogens is 1. The molecule has 8 heteroatoms. The second-order valence-corrected chi connectivity index (χ2v) is 5.52. The van der Waals surface area contributed by atoms with E-state index in [2.05, 4.69) is 9.97 Å². The third-order valence-electron chi connectivity index (χ3n) is 3.09. The van der Waals surface area contributed by atoms with Crippen molar-refractivity contribution in [1.29, 1.82) is 5.26 Å². The zero-order valence-electron chi connectivity index (χ0n) is 11.0. The van der Waals surface area contributed by atoms with E-state index >= 15 is 0 Å². The van der Waals surface area contributed by atoms with Crippen molar-refractivity contribution in [1.82, 2.24) is 9.97 Å². The molecule has 0 aliphatic rings. The number of thiophene rings is 1. The largest absolute Gasteiger partial charge is 0.340 e. The van der Waals surface area contributed by atoms with Gasteiger partial charge in [0.2, 0.25) is 0 Å². The Bertz CT molecular complexity index is 888. The first-order chi connectivity index (χ1) is 10.6. The summed E-state index contributed by atoms with van der Waals surface area (Å²) in [7, 11) is 0. The number of aromatic nitrogens is 2. The number of hydrogen-bond acceptors (Lipinski definition) is 6. The van der Waals surface area contributed by atoms with Crippen molar-refractivity contribution in [2.24, 2.45) is 0 Å². The number of carbonyl (C=O) groups excluding carboxylic acids is 1. The summed E-state index contributed by atoms with van der Waals surface area (Å²) in [4.78, 5) is 29.9. The molecule has 1 aromatic carbocycles. The Balaban J connectivity index is 1.97. The average Bonchev–Trinajstić information content (AvgIpc) is 3.14. The van der Waals surface area contributed by atoms with E-state index in [4.69, 9.17) is 0 Å². The van der Waals surface area contributed by atoms with Crippen molar-refractivity contribution in [3.05, 3.63) is 57.2 Å². The molecule has 0 saturated carbocycles. The summed E-state index contributed by atoms with van der Waals surface area (Å²) in [6.45, 7) is 0. The zero-order chi connectivity index (χ0) is 15.7. The van der Waals surface area contributed by atoms with Gasteiger partial charge in [-0.2, -0.15) is 5.26 Å². The highest BCUT2D eigenvalue weighted by Crippen LogP contribution is 2.29. The molecule has 3 rings (SSSR count). The molecule has 1 atom stereocenters. The second-order valence-electron chi connectivity index (χ2n) is 4.46. The van der Waals surface area contributed by atoms with Crippen LogP contribution >= 0.6 is 11.3 Å². The molecule has 0 bridgehead atoms. The van der Waals surface area contributed by atoms with Gasteiger partial charge in [-0.15, -0.1) is 0 Å². The number of benzene rings is 1. The van der Waals surface area contributed by atoms with Gasteiger partial charge in [0.15, 0.2) is 11.7 Å². The van der Waals surface area contributed by atoms with Crippen LogP contribution in [0.15, 0.2) is 36.4 Å². The molecule has 22 heavy (non-hydrogen) atoms. The molecule has 3 aromatic rings. The molecule has 0 amide bonds. The number of ketones is 1. The van der Waals surface area contributed by atoms with Gasteiger partial charge in [0.05, 0.1) is 26.9 Å². The Morgan fingerprint density at radius 2 is 2.14 bits per heavy atom. The first-order valence-electron chi connectivity index (χ1n) is 6.23. The lowest BCUT2D eigenvalue weighted by molar-refractivity contribution is -0.380. The molecular weight excluding hydrogens is 304 g/mol. The van der Waals surface area contributed by atoms with E-state index in [1.807, 2.05) is 12.1 Å². The van der Waals surface area contributed by atoms with Crippen LogP contribution in [-0.4, -0.2) is 20.7 Å². The lowest BCUT2D eigenvalue weighted by Gasteiger charge is -2.02. The highest BCUT2D eigenvalue weighted by Gasteiger charge is 2.27. The number of nitriles is 1. The first kappa shape index (κ1) is 13.9. The number of para-hydroxylation sites is 2. The standard InChI is InChI=1S/C14H8N4O3S/c15-7-8(13(19)11-5-6-12(22-11)18(20)21)14-16-9-3-1-2-4-10(9)17-14/h1-6,8H,(H,16,17). The molecule has 0 saturated heterocycles. The van der Waals surface area contributed by atoms with Crippen molar-refractivity contribution >= 4 is 33.2 Å². The highest BCUT2D eigenvalue weighted by atomic mass is 32.1. The molecular formula is C14H8N4O3S. The van der Waals surface area contributed by atoms with Crippen LogP contribution in [0.5, 0.6) is 0 Å². The summed E-state index contributed by atoms with van der Waals surface area (Å²) >= 11 is 0.753. The molecule has 0 aliphatic heterocycles. The van der Waals surface area contributed by atoms with E-state index in [0.29, 0.717) is 5.52 Å². The summed E-state index contributed by atoms with van der Waals surface area (Å²) in [5, 5.41) is 19.8. The van der Waals surface area contributed by atoms with Crippen molar-refractivity contribution in [3.8, 4) is 6.07 Å². The van der Waals surface area contributed by atoms with Crippen LogP contribution < -0.4 is 0 Å². The normalized spacial score (nSPS) is 12.0. The molecule has 0 fully saturated rings. The molecule has 7 nitrogen and oxygen atoms in total. The van der Waals surface area contributed by atoms with Crippen molar-refractivity contribution in [2.45, 2.75) is 5.92 Å². The summed E-state index contributed by atoms with van der Waals surface area (Å²) in [5.41, 5.74) is 1.38. The molecule has 2 aromatic heterocycles. The number of Topliss-reactive ketones (excluding diaryl/α,β-unsaturated/α-hetero) is 1. The van der Waals surface area contributed by atoms with Gasteiger partial charge in [-0.3, -0.25) is 14.9 Å². The number of nitro groups is 1. The summed E-state index contributed by atoms with van der Waals surface area (Å²) in [6.07, 6.45) is 0. The number of nitrogens with zero attached hydrogens (tertiary/aromatic N) is 3. The predicted octanol–water partition coefficient (Wildman–Crippen LogP) is 3.02. The third-order valence-corrected chi connectivity index (χ3v) is 4.14. The third kappa shape index (κ3) is 2.34. The van der Waals surface area contributed by atoms with E-state index in [1.165, 1.54) is 12.1 Å². The lowest BCUT2D eigenvalue weighted by Crippen LogP contribution is -2.11. The maximum atomic E-state index is 12.4. The minimum Gasteiger partial charge on any atom is -0.340 e. The average molecular weight is 312 g/mol. The summed E-state index contributed by atoms with van der Waals surface area (Å²) in [5.74, 6) is -1.38. The van der Waals surface area contributed by atoms with Gasteiger partial charge in [-0.05, 0) is 18.2 Å². The maximum absolute atomic E-state index is 12.4. The Morgan fingerprint density at radius 1 is 1.36 bits per heavy atom. The number of imidazole rings is 1. The fourth-order valence-electron chi connectivity index (χ4n) is 2.05. The van der Waals surface area contributed by atoms with E-state index in [9.17, 15) is 20.2 Å². The number of carbonyl (C=O) groups is 1. The van der Waals surface area contributed by atoms with E-state index in [0.717, 1.165) is 16.9 Å². The van der Waals surface area contributed by atoms with Gasteiger partial charge >= 0.3 is 5.00 Å². The lowest BCUT2D eigenvalue weighted by atomic mass is 10.0. The van der Waals surface area contributed by atoms with Gasteiger partial charge in [0, 0.05) is 6.07 Å². The van der Waals surface area contributed by atoms with Crippen LogP contribution in [0.25, 0.3) is 11.0 Å². The Labute approximate surface area is 128 Å². The van der Waals surface area contributed by atoms with Gasteiger partial charge in [0.1, 0.15) is 5.82 Å². The van der Waals surface area contributed by atoms with Crippen LogP contribution in [0.3, 0.4) is 0 Å². The molecule has 1 N–H and O–H groups in total. The van der Waals surface area contributed by atoms with E-state index in [-0.39, 0.29) is 15.7 Å². The van der Waals surface area contributed by atoms with Crippen LogP contribution in [0.4, 0.5) is 5.00 Å². The van der Waals surface area contributed by atoms with Crippen molar-refractivity contribution in [3.63, 3.8) is 0 Å². The highest BCUT2D eigenvalue weighted by molar-refractivity contribution is 7.17. The quantitative estimate of drug-likeness (QED) is 0.452. The molecule has 1 unspecified atom stereocenters. The van der Waals surface area contributed by atoms with Gasteiger partial charge in [-0.25, -0.2) is 4.98 Å². The number of fused-ring (bicyclic) bond motifs is 1. The monoisotopic (exact) mass is 312 g/mol. The topological polar surface area (TPSA) is 113 Å². The maximum Gasteiger partial charge on any atom is 0.324 e. The van der Waals surface area contributed by atoms with Crippen LogP contribution in [0, 0.1) is 21.4 Å². The fraction of sp³-hybridized carbons (Fsp3) is 0.0714. The SMILES string of the molecule is N#CC(C(=O)c1ccc([N+](=O)[O-])s1)c1nc2ccccc2[nH]1. The predicted molar refractivity (Wildman–Crippen MR) is 79.8 cm³/mol. The van der Waals surface area contributed by atoms with Crippen LogP contribution in [0.1, 0.15) is 21.4 Å². The van der Waals surface area contributed by atoms with Gasteiger partial charge in [-0.1, -0.05) is 23.5 Å². The molecule has 0 aliphatic carbocycles. The van der Waals surface area contributed by atoms with Gasteiger partial charge in [0.25, 0.3) is 0 Å². The number of nitrogens with one attached hydrogen (secondary N) is 1. The molecule has 2 heterocycles. The zero-order valence-corrected chi connectivity index (χ0v) is 11.8. The van der Waals surface area contributed by atoms with Crippen molar-refractivity contribution in [2.75, 3.05) is 0 Å². The summed E-state index contributed by atoms with van der Waals surface area (Å²) < 4.78 is 0. The Morgan fingerprint density at radius 3 is 2.77 bits per heavy atom. The van der Waals surface area contributed by atoms with E-state index < -0.39 is 16.6 Å². The summed E-state index contributed by atoms with van der Waals surface area (Å²) in [6, 6.07) is 11.7.